The molecule has 24 heavy (non-hydrogen) atoms. The highest BCUT2D eigenvalue weighted by molar-refractivity contribution is 5.94. The number of aryl methyl sites for hydroxylation is 3. The van der Waals surface area contributed by atoms with Crippen LogP contribution in [0.25, 0.3) is 0 Å². The fourth-order valence-corrected chi connectivity index (χ4v) is 2.22. The Morgan fingerprint density at radius 3 is 2.42 bits per heavy atom. The first kappa shape index (κ1) is 17.5. The van der Waals surface area contributed by atoms with Gasteiger partial charge in [0.2, 0.25) is 0 Å². The molecule has 2 aromatic carbocycles. The SMILES string of the molecule is Cc1ccc(C)c(NC(=O)C(C)Oc2ccc(C)cc2[N+](=O)[O-])c1. The van der Waals surface area contributed by atoms with Crippen LogP contribution in [-0.4, -0.2) is 16.9 Å². The monoisotopic (exact) mass is 328 g/mol. The molecule has 0 aliphatic carbocycles. The van der Waals surface area contributed by atoms with Crippen molar-refractivity contribution in [3.05, 3.63) is 63.2 Å². The third-order valence-electron chi connectivity index (χ3n) is 3.64. The zero-order valence-corrected chi connectivity index (χ0v) is 14.1. The van der Waals surface area contributed by atoms with Gasteiger partial charge in [-0.1, -0.05) is 18.2 Å². The van der Waals surface area contributed by atoms with Gasteiger partial charge in [-0.3, -0.25) is 14.9 Å². The normalized spacial score (nSPS) is 11.7. The van der Waals surface area contributed by atoms with Crippen LogP contribution in [0.4, 0.5) is 11.4 Å². The van der Waals surface area contributed by atoms with Gasteiger partial charge in [0.15, 0.2) is 11.9 Å². The first-order valence-corrected chi connectivity index (χ1v) is 7.57. The predicted octanol–water partition coefficient (Wildman–Crippen LogP) is 3.93. The zero-order valence-electron chi connectivity index (χ0n) is 14.1. The molecule has 2 aromatic rings. The second-order valence-corrected chi connectivity index (χ2v) is 5.80. The Labute approximate surface area is 140 Å². The topological polar surface area (TPSA) is 81.5 Å². The minimum atomic E-state index is -0.869. The van der Waals surface area contributed by atoms with Crippen LogP contribution in [0.5, 0.6) is 5.75 Å². The predicted molar refractivity (Wildman–Crippen MR) is 92.5 cm³/mol. The molecule has 126 valence electrons. The van der Waals surface area contributed by atoms with Crippen molar-refractivity contribution < 1.29 is 14.5 Å². The van der Waals surface area contributed by atoms with E-state index >= 15 is 0 Å². The van der Waals surface area contributed by atoms with Crippen molar-refractivity contribution >= 4 is 17.3 Å². The first-order valence-electron chi connectivity index (χ1n) is 7.57. The number of benzene rings is 2. The van der Waals surface area contributed by atoms with Gasteiger partial charge in [-0.2, -0.15) is 0 Å². The van der Waals surface area contributed by atoms with E-state index in [9.17, 15) is 14.9 Å². The Morgan fingerprint density at radius 2 is 1.75 bits per heavy atom. The van der Waals surface area contributed by atoms with E-state index in [2.05, 4.69) is 5.32 Å². The molecule has 1 amide bonds. The van der Waals surface area contributed by atoms with Crippen LogP contribution in [0.1, 0.15) is 23.6 Å². The summed E-state index contributed by atoms with van der Waals surface area (Å²) in [7, 11) is 0. The molecule has 0 aliphatic heterocycles. The zero-order chi connectivity index (χ0) is 17.9. The summed E-state index contributed by atoms with van der Waals surface area (Å²) < 4.78 is 5.51. The fourth-order valence-electron chi connectivity index (χ4n) is 2.22. The first-order chi connectivity index (χ1) is 11.3. The lowest BCUT2D eigenvalue weighted by molar-refractivity contribution is -0.386. The van der Waals surface area contributed by atoms with Crippen molar-refractivity contribution in [2.24, 2.45) is 0 Å². The van der Waals surface area contributed by atoms with Gasteiger partial charge < -0.3 is 10.1 Å². The van der Waals surface area contributed by atoms with Gasteiger partial charge in [-0.15, -0.1) is 0 Å². The average Bonchev–Trinajstić information content (AvgIpc) is 2.52. The number of amides is 1. The Kier molecular flexibility index (Phi) is 5.18. The standard InChI is InChI=1S/C18H20N2O4/c1-11-5-7-13(3)15(9-11)19-18(21)14(4)24-17-8-6-12(2)10-16(17)20(22)23/h5-10,14H,1-4H3,(H,19,21). The second kappa shape index (κ2) is 7.12. The lowest BCUT2D eigenvalue weighted by atomic mass is 10.1. The molecule has 0 aromatic heterocycles. The quantitative estimate of drug-likeness (QED) is 0.666. The molecular formula is C18H20N2O4. The van der Waals surface area contributed by atoms with E-state index < -0.39 is 11.0 Å². The molecule has 6 heteroatoms. The number of anilines is 1. The summed E-state index contributed by atoms with van der Waals surface area (Å²) in [5.41, 5.74) is 3.26. The maximum atomic E-state index is 12.3. The van der Waals surface area contributed by atoms with Gasteiger partial charge in [0.05, 0.1) is 4.92 Å². The molecule has 6 nitrogen and oxygen atoms in total. The molecule has 0 bridgehead atoms. The van der Waals surface area contributed by atoms with Gasteiger partial charge in [-0.05, 0) is 56.5 Å². The van der Waals surface area contributed by atoms with E-state index in [1.807, 2.05) is 32.0 Å². The minimum absolute atomic E-state index is 0.0780. The Morgan fingerprint density at radius 1 is 1.12 bits per heavy atom. The van der Waals surface area contributed by atoms with E-state index in [1.165, 1.54) is 12.1 Å². The molecule has 0 spiro atoms. The summed E-state index contributed by atoms with van der Waals surface area (Å²) >= 11 is 0. The van der Waals surface area contributed by atoms with Gasteiger partial charge in [-0.25, -0.2) is 0 Å². The number of ether oxygens (including phenoxy) is 1. The summed E-state index contributed by atoms with van der Waals surface area (Å²) in [6, 6.07) is 10.4. The summed E-state index contributed by atoms with van der Waals surface area (Å²) in [6.07, 6.45) is -0.869. The average molecular weight is 328 g/mol. The van der Waals surface area contributed by atoms with Crippen LogP contribution >= 0.6 is 0 Å². The van der Waals surface area contributed by atoms with Crippen LogP contribution in [0.2, 0.25) is 0 Å². The number of carbonyl (C=O) groups excluding carboxylic acids is 1. The third kappa shape index (κ3) is 4.10. The summed E-state index contributed by atoms with van der Waals surface area (Å²) in [6.45, 7) is 7.15. The van der Waals surface area contributed by atoms with Crippen LogP contribution in [0, 0.1) is 30.9 Å². The molecule has 0 heterocycles. The number of rotatable bonds is 5. The molecule has 0 saturated carbocycles. The van der Waals surface area contributed by atoms with E-state index in [4.69, 9.17) is 4.74 Å². The van der Waals surface area contributed by atoms with Crippen LogP contribution in [-0.2, 0) is 4.79 Å². The fraction of sp³-hybridized carbons (Fsp3) is 0.278. The number of nitro benzene ring substituents is 1. The van der Waals surface area contributed by atoms with E-state index in [0.29, 0.717) is 5.69 Å². The number of nitro groups is 1. The molecule has 2 rings (SSSR count). The van der Waals surface area contributed by atoms with Crippen molar-refractivity contribution in [1.29, 1.82) is 0 Å². The highest BCUT2D eigenvalue weighted by Crippen LogP contribution is 2.29. The lowest BCUT2D eigenvalue weighted by Crippen LogP contribution is -2.30. The number of hydrogen-bond acceptors (Lipinski definition) is 4. The Balaban J connectivity index is 2.15. The summed E-state index contributed by atoms with van der Waals surface area (Å²) in [5.74, 6) is -0.284. The smallest absolute Gasteiger partial charge is 0.311 e. The lowest BCUT2D eigenvalue weighted by Gasteiger charge is -2.16. The minimum Gasteiger partial charge on any atom is -0.474 e. The Hall–Kier alpha value is -2.89. The Bertz CT molecular complexity index is 787. The van der Waals surface area contributed by atoms with Gasteiger partial charge >= 0.3 is 5.69 Å². The van der Waals surface area contributed by atoms with Crippen LogP contribution in [0.15, 0.2) is 36.4 Å². The van der Waals surface area contributed by atoms with Crippen molar-refractivity contribution in [3.63, 3.8) is 0 Å². The molecule has 0 radical (unpaired) electrons. The molecule has 0 aliphatic rings. The maximum absolute atomic E-state index is 12.3. The maximum Gasteiger partial charge on any atom is 0.311 e. The molecule has 1 N–H and O–H groups in total. The van der Waals surface area contributed by atoms with Crippen LogP contribution in [0.3, 0.4) is 0 Å². The van der Waals surface area contributed by atoms with E-state index in [1.54, 1.807) is 19.9 Å². The van der Waals surface area contributed by atoms with Gasteiger partial charge in [0, 0.05) is 11.8 Å². The largest absolute Gasteiger partial charge is 0.474 e. The molecule has 1 atom stereocenters. The van der Waals surface area contributed by atoms with Gasteiger partial charge in [0.1, 0.15) is 0 Å². The van der Waals surface area contributed by atoms with Gasteiger partial charge in [0.25, 0.3) is 5.91 Å². The van der Waals surface area contributed by atoms with Crippen molar-refractivity contribution in [2.75, 3.05) is 5.32 Å². The highest BCUT2D eigenvalue weighted by Gasteiger charge is 2.21. The summed E-state index contributed by atoms with van der Waals surface area (Å²) in [4.78, 5) is 22.9. The number of nitrogens with zero attached hydrogens (tertiary/aromatic N) is 1. The van der Waals surface area contributed by atoms with Crippen molar-refractivity contribution in [3.8, 4) is 5.75 Å². The highest BCUT2D eigenvalue weighted by atomic mass is 16.6. The summed E-state index contributed by atoms with van der Waals surface area (Å²) in [5, 5.41) is 13.9. The van der Waals surface area contributed by atoms with Crippen molar-refractivity contribution in [2.45, 2.75) is 33.8 Å². The number of nitrogens with one attached hydrogen (secondary N) is 1. The third-order valence-corrected chi connectivity index (χ3v) is 3.64. The van der Waals surface area contributed by atoms with E-state index in [0.717, 1.165) is 16.7 Å². The number of hydrogen-bond donors (Lipinski definition) is 1. The second-order valence-electron chi connectivity index (χ2n) is 5.80. The van der Waals surface area contributed by atoms with Crippen molar-refractivity contribution in [1.82, 2.24) is 0 Å². The molecular weight excluding hydrogens is 308 g/mol. The molecule has 1 unspecified atom stereocenters. The molecule has 0 saturated heterocycles. The van der Waals surface area contributed by atoms with Crippen LogP contribution < -0.4 is 10.1 Å². The molecule has 0 fully saturated rings. The number of carbonyl (C=O) groups is 1. The van der Waals surface area contributed by atoms with E-state index in [-0.39, 0.29) is 17.3 Å².